The summed E-state index contributed by atoms with van der Waals surface area (Å²) < 4.78 is 2.48. The van der Waals surface area contributed by atoms with E-state index in [9.17, 15) is 0 Å². The van der Waals surface area contributed by atoms with Crippen molar-refractivity contribution in [1.82, 2.24) is 0 Å². The quantitative estimate of drug-likeness (QED) is 0.259. The van der Waals surface area contributed by atoms with Crippen LogP contribution in [0.2, 0.25) is 0 Å². The van der Waals surface area contributed by atoms with Gasteiger partial charge < -0.3 is 0 Å². The van der Waals surface area contributed by atoms with E-state index in [0.29, 0.717) is 0 Å². The summed E-state index contributed by atoms with van der Waals surface area (Å²) in [6, 6.07) is 47.5. The van der Waals surface area contributed by atoms with Crippen molar-refractivity contribution < 1.29 is 4.57 Å². The van der Waals surface area contributed by atoms with E-state index in [0.717, 1.165) is 13.0 Å². The van der Waals surface area contributed by atoms with Gasteiger partial charge >= 0.3 is 0 Å². The van der Waals surface area contributed by atoms with Crippen LogP contribution >= 0.6 is 0 Å². The lowest BCUT2D eigenvalue weighted by Crippen LogP contribution is -2.40. The van der Waals surface area contributed by atoms with Crippen LogP contribution in [0.15, 0.2) is 133 Å². The Bertz CT molecular complexity index is 1220. The molecule has 0 saturated heterocycles. The Kier molecular flexibility index (Phi) is 5.89. The summed E-state index contributed by atoms with van der Waals surface area (Å²) in [5.74, 6) is 0. The fourth-order valence-corrected chi connectivity index (χ4v) is 4.24. The van der Waals surface area contributed by atoms with E-state index in [-0.39, 0.29) is 0 Å². The monoisotopic (exact) mass is 412 g/mol. The molecule has 0 aliphatic carbocycles. The Labute approximate surface area is 190 Å². The zero-order valence-electron chi connectivity index (χ0n) is 18.1. The zero-order chi connectivity index (χ0) is 21.6. The molecule has 1 aromatic heterocycles. The van der Waals surface area contributed by atoms with Gasteiger partial charge in [0.2, 0.25) is 11.4 Å². The van der Waals surface area contributed by atoms with Crippen LogP contribution in [0.1, 0.15) is 5.56 Å². The van der Waals surface area contributed by atoms with Crippen molar-refractivity contribution in [3.63, 3.8) is 0 Å². The summed E-state index contributed by atoms with van der Waals surface area (Å²) in [7, 11) is 0. The third-order valence-corrected chi connectivity index (χ3v) is 5.88. The Morgan fingerprint density at radius 1 is 0.406 bits per heavy atom. The van der Waals surface area contributed by atoms with Crippen LogP contribution in [-0.4, -0.2) is 0 Å². The Hall–Kier alpha value is -3.97. The summed E-state index contributed by atoms with van der Waals surface area (Å²) in [6.45, 7) is 0.910. The summed E-state index contributed by atoms with van der Waals surface area (Å²) >= 11 is 0. The van der Waals surface area contributed by atoms with E-state index in [1.165, 1.54) is 39.2 Å². The molecule has 0 atom stereocenters. The average molecular weight is 413 g/mol. The van der Waals surface area contributed by atoms with Crippen LogP contribution in [0, 0.1) is 0 Å². The zero-order valence-corrected chi connectivity index (χ0v) is 18.1. The Morgan fingerprint density at radius 2 is 0.812 bits per heavy atom. The molecule has 0 radical (unpaired) electrons. The molecule has 0 fully saturated rings. The van der Waals surface area contributed by atoms with Crippen molar-refractivity contribution in [1.29, 1.82) is 0 Å². The topological polar surface area (TPSA) is 3.88 Å². The third kappa shape index (κ3) is 4.38. The number of aryl methyl sites for hydroxylation is 1. The van der Waals surface area contributed by atoms with E-state index in [1.54, 1.807) is 0 Å². The molecule has 0 bridgehead atoms. The van der Waals surface area contributed by atoms with Crippen molar-refractivity contribution in [3.05, 3.63) is 139 Å². The predicted octanol–water partition coefficient (Wildman–Crippen LogP) is 7.22. The van der Waals surface area contributed by atoms with Crippen LogP contribution in [-0.2, 0) is 13.0 Å². The molecular formula is C31H26N+. The number of hydrogen-bond donors (Lipinski definition) is 0. The molecular weight excluding hydrogens is 386 g/mol. The smallest absolute Gasteiger partial charge is 0.191 e. The molecule has 1 heteroatoms. The number of pyridine rings is 1. The molecule has 1 heterocycles. The number of rotatable bonds is 6. The van der Waals surface area contributed by atoms with Crippen LogP contribution in [0.25, 0.3) is 33.6 Å². The standard InChI is InChI=1S/C31H26N/c1-5-13-25(14-6-1)21-22-32-30(27-17-9-3-10-18-27)23-29(26-15-7-2-8-16-26)24-31(32)28-19-11-4-12-20-28/h1-20,23-24H,21-22H2/q+1. The lowest BCUT2D eigenvalue weighted by atomic mass is 9.98. The lowest BCUT2D eigenvalue weighted by Gasteiger charge is -2.13. The highest BCUT2D eigenvalue weighted by molar-refractivity contribution is 5.73. The average Bonchev–Trinajstić information content (AvgIpc) is 2.89. The molecule has 5 aromatic rings. The molecule has 0 amide bonds. The highest BCUT2D eigenvalue weighted by Gasteiger charge is 2.22. The Morgan fingerprint density at radius 3 is 1.28 bits per heavy atom. The first-order valence-electron chi connectivity index (χ1n) is 11.2. The van der Waals surface area contributed by atoms with Crippen LogP contribution < -0.4 is 4.57 Å². The highest BCUT2D eigenvalue weighted by Crippen LogP contribution is 2.29. The molecule has 0 aliphatic rings. The summed E-state index contributed by atoms with van der Waals surface area (Å²) in [4.78, 5) is 0. The lowest BCUT2D eigenvalue weighted by molar-refractivity contribution is -0.674. The minimum atomic E-state index is 0.910. The van der Waals surface area contributed by atoms with Gasteiger partial charge in [-0.15, -0.1) is 0 Å². The normalized spacial score (nSPS) is 10.8. The van der Waals surface area contributed by atoms with E-state index in [1.807, 2.05) is 0 Å². The second-order valence-corrected chi connectivity index (χ2v) is 8.00. The van der Waals surface area contributed by atoms with Gasteiger partial charge in [0.25, 0.3) is 0 Å². The van der Waals surface area contributed by atoms with Crippen molar-refractivity contribution in [2.75, 3.05) is 0 Å². The van der Waals surface area contributed by atoms with Crippen molar-refractivity contribution in [3.8, 4) is 33.6 Å². The number of aromatic nitrogens is 1. The predicted molar refractivity (Wildman–Crippen MR) is 133 cm³/mol. The SMILES string of the molecule is c1ccc(CC[n+]2c(-c3ccccc3)cc(-c3ccccc3)cc2-c2ccccc2)cc1. The molecule has 32 heavy (non-hydrogen) atoms. The molecule has 0 unspecified atom stereocenters. The minimum absolute atomic E-state index is 0.910. The molecule has 154 valence electrons. The second kappa shape index (κ2) is 9.45. The van der Waals surface area contributed by atoms with Gasteiger partial charge in [-0.2, -0.15) is 4.57 Å². The second-order valence-electron chi connectivity index (χ2n) is 8.00. The molecule has 0 spiro atoms. The fraction of sp³-hybridized carbons (Fsp3) is 0.0645. The van der Waals surface area contributed by atoms with Gasteiger partial charge in [-0.25, -0.2) is 0 Å². The highest BCUT2D eigenvalue weighted by atomic mass is 15.0. The number of nitrogens with zero attached hydrogens (tertiary/aromatic N) is 1. The molecule has 5 rings (SSSR count). The molecule has 1 nitrogen and oxygen atoms in total. The van der Waals surface area contributed by atoms with Crippen molar-refractivity contribution >= 4 is 0 Å². The van der Waals surface area contributed by atoms with Crippen LogP contribution in [0.3, 0.4) is 0 Å². The minimum Gasteiger partial charge on any atom is -0.191 e. The molecule has 0 saturated carbocycles. The van der Waals surface area contributed by atoms with Gasteiger partial charge in [0.1, 0.15) is 0 Å². The maximum atomic E-state index is 2.48. The van der Waals surface area contributed by atoms with Crippen molar-refractivity contribution in [2.24, 2.45) is 0 Å². The molecule has 0 aliphatic heterocycles. The van der Waals surface area contributed by atoms with E-state index in [2.05, 4.69) is 138 Å². The first kappa shape index (κ1) is 20.0. The number of benzene rings is 4. The molecule has 4 aromatic carbocycles. The molecule has 0 N–H and O–H groups in total. The van der Waals surface area contributed by atoms with Gasteiger partial charge in [-0.1, -0.05) is 97.1 Å². The Balaban J connectivity index is 1.71. The number of hydrogen-bond acceptors (Lipinski definition) is 0. The van der Waals surface area contributed by atoms with Crippen molar-refractivity contribution in [2.45, 2.75) is 13.0 Å². The maximum absolute atomic E-state index is 2.48. The summed E-state index contributed by atoms with van der Waals surface area (Å²) in [6.07, 6.45) is 0.982. The summed E-state index contributed by atoms with van der Waals surface area (Å²) in [5.41, 5.74) is 8.76. The first-order valence-corrected chi connectivity index (χ1v) is 11.2. The van der Waals surface area contributed by atoms with E-state index >= 15 is 0 Å². The van der Waals surface area contributed by atoms with Gasteiger partial charge in [0.15, 0.2) is 6.54 Å². The van der Waals surface area contributed by atoms with Gasteiger partial charge in [-0.05, 0) is 41.0 Å². The van der Waals surface area contributed by atoms with Crippen LogP contribution in [0.5, 0.6) is 0 Å². The van der Waals surface area contributed by atoms with Gasteiger partial charge in [-0.3, -0.25) is 0 Å². The third-order valence-electron chi connectivity index (χ3n) is 5.88. The van der Waals surface area contributed by atoms with E-state index < -0.39 is 0 Å². The largest absolute Gasteiger partial charge is 0.213 e. The van der Waals surface area contributed by atoms with Gasteiger partial charge in [0, 0.05) is 29.7 Å². The van der Waals surface area contributed by atoms with E-state index in [4.69, 9.17) is 0 Å². The fourth-order valence-electron chi connectivity index (χ4n) is 4.24. The summed E-state index contributed by atoms with van der Waals surface area (Å²) in [5, 5.41) is 0. The maximum Gasteiger partial charge on any atom is 0.213 e. The first-order chi connectivity index (χ1) is 15.9. The van der Waals surface area contributed by atoms with Crippen LogP contribution in [0.4, 0.5) is 0 Å². The van der Waals surface area contributed by atoms with Gasteiger partial charge in [0.05, 0.1) is 0 Å².